The van der Waals surface area contributed by atoms with Gasteiger partial charge in [0.15, 0.2) is 0 Å². The topological polar surface area (TPSA) is 71.5 Å². The third-order valence-electron chi connectivity index (χ3n) is 3.68. The highest BCUT2D eigenvalue weighted by atomic mass is 16.7. The molecule has 98 valence electrons. The smallest absolute Gasteiger partial charge is 0.399 e. The zero-order chi connectivity index (χ0) is 13.6. The van der Waals surface area contributed by atoms with Crippen LogP contribution in [-0.4, -0.2) is 28.4 Å². The molecule has 1 aliphatic rings. The van der Waals surface area contributed by atoms with Crippen molar-refractivity contribution in [3.63, 3.8) is 0 Å². The fourth-order valence-electron chi connectivity index (χ4n) is 1.78. The first kappa shape index (κ1) is 13.3. The van der Waals surface area contributed by atoms with Gasteiger partial charge in [-0.3, -0.25) is 4.79 Å². The number of aromatic nitrogens is 1. The van der Waals surface area contributed by atoms with E-state index in [0.29, 0.717) is 11.0 Å². The first-order valence-electron chi connectivity index (χ1n) is 5.95. The Labute approximate surface area is 106 Å². The summed E-state index contributed by atoms with van der Waals surface area (Å²) in [5.41, 5.74) is -0.219. The maximum Gasteiger partial charge on any atom is 0.500 e. The number of H-pyrrole nitrogens is 1. The second kappa shape index (κ2) is 4.22. The molecular formula is C12H18BNO4. The minimum atomic E-state index is -0.703. The Balaban J connectivity index is 2.38. The quantitative estimate of drug-likeness (QED) is 0.735. The average Bonchev–Trinajstić information content (AvgIpc) is 2.48. The van der Waals surface area contributed by atoms with Crippen LogP contribution < -0.4 is 11.0 Å². The first-order valence-corrected chi connectivity index (χ1v) is 5.95. The Morgan fingerprint density at radius 2 is 1.83 bits per heavy atom. The summed E-state index contributed by atoms with van der Waals surface area (Å²) in [7, 11) is -0.703. The van der Waals surface area contributed by atoms with E-state index < -0.39 is 18.3 Å². The van der Waals surface area contributed by atoms with Crippen LogP contribution in [0.5, 0.6) is 0 Å². The number of nitrogens with one attached hydrogen (secondary N) is 1. The van der Waals surface area contributed by atoms with E-state index in [1.54, 1.807) is 6.07 Å². The molecule has 0 radical (unpaired) electrons. The van der Waals surface area contributed by atoms with Crippen molar-refractivity contribution in [2.75, 3.05) is 0 Å². The summed E-state index contributed by atoms with van der Waals surface area (Å²) in [5.74, 6) is 0. The molecule has 2 heterocycles. The summed E-state index contributed by atoms with van der Waals surface area (Å²) in [6.07, 6.45) is 1.48. The van der Waals surface area contributed by atoms with Crippen LogP contribution >= 0.6 is 0 Å². The van der Waals surface area contributed by atoms with Gasteiger partial charge in [-0.2, -0.15) is 0 Å². The second-order valence-corrected chi connectivity index (χ2v) is 5.54. The van der Waals surface area contributed by atoms with Crippen LogP contribution in [0.4, 0.5) is 0 Å². The molecule has 2 rings (SSSR count). The molecule has 0 bridgehead atoms. The van der Waals surface area contributed by atoms with Crippen LogP contribution in [0, 0.1) is 0 Å². The summed E-state index contributed by atoms with van der Waals surface area (Å²) in [6, 6.07) is 1.61. The van der Waals surface area contributed by atoms with Crippen molar-refractivity contribution in [3.05, 3.63) is 28.2 Å². The van der Waals surface area contributed by atoms with Gasteiger partial charge in [0.1, 0.15) is 0 Å². The van der Waals surface area contributed by atoms with Gasteiger partial charge < -0.3 is 19.4 Å². The zero-order valence-corrected chi connectivity index (χ0v) is 11.1. The fraction of sp³-hybridized carbons (Fsp3) is 0.583. The van der Waals surface area contributed by atoms with Crippen LogP contribution in [0.15, 0.2) is 17.1 Å². The summed E-state index contributed by atoms with van der Waals surface area (Å²) >= 11 is 0. The van der Waals surface area contributed by atoms with E-state index >= 15 is 0 Å². The van der Waals surface area contributed by atoms with Crippen molar-refractivity contribution in [1.82, 2.24) is 4.98 Å². The Bertz CT molecular complexity index is 493. The number of aliphatic hydroxyl groups excluding tert-OH is 1. The van der Waals surface area contributed by atoms with Gasteiger partial charge in [-0.05, 0) is 39.3 Å². The molecule has 5 nitrogen and oxygen atoms in total. The molecule has 18 heavy (non-hydrogen) atoms. The van der Waals surface area contributed by atoms with E-state index in [1.807, 2.05) is 27.7 Å². The van der Waals surface area contributed by atoms with E-state index in [9.17, 15) is 4.79 Å². The molecule has 0 unspecified atom stereocenters. The highest BCUT2D eigenvalue weighted by Gasteiger charge is 2.52. The molecule has 1 fully saturated rings. The molecule has 1 aromatic heterocycles. The molecular weight excluding hydrogens is 233 g/mol. The lowest BCUT2D eigenvalue weighted by molar-refractivity contribution is 0.00578. The van der Waals surface area contributed by atoms with Crippen LogP contribution in [0.1, 0.15) is 33.3 Å². The largest absolute Gasteiger partial charge is 0.500 e. The Morgan fingerprint density at radius 3 is 2.33 bits per heavy atom. The Hall–Kier alpha value is -1.11. The molecule has 2 N–H and O–H groups in total. The molecule has 6 heteroatoms. The third kappa shape index (κ3) is 2.11. The van der Waals surface area contributed by atoms with E-state index in [2.05, 4.69) is 4.98 Å². The molecule has 1 saturated heterocycles. The predicted octanol–water partition coefficient (Wildman–Crippen LogP) is 0.166. The van der Waals surface area contributed by atoms with Gasteiger partial charge in [0.05, 0.1) is 17.8 Å². The number of hydrogen-bond donors (Lipinski definition) is 2. The lowest BCUT2D eigenvalue weighted by Crippen LogP contribution is -2.44. The normalized spacial score (nSPS) is 21.3. The zero-order valence-electron chi connectivity index (χ0n) is 11.1. The molecule has 0 saturated carbocycles. The number of pyridine rings is 1. The second-order valence-electron chi connectivity index (χ2n) is 5.54. The van der Waals surface area contributed by atoms with Crippen molar-refractivity contribution in [2.24, 2.45) is 0 Å². The molecule has 0 amide bonds. The molecule has 0 spiro atoms. The Kier molecular flexibility index (Phi) is 3.13. The maximum atomic E-state index is 11.8. The monoisotopic (exact) mass is 251 g/mol. The van der Waals surface area contributed by atoms with E-state index in [1.165, 1.54) is 6.20 Å². The number of aromatic amines is 1. The van der Waals surface area contributed by atoms with Crippen molar-refractivity contribution in [1.29, 1.82) is 0 Å². The predicted molar refractivity (Wildman–Crippen MR) is 68.7 cm³/mol. The van der Waals surface area contributed by atoms with Gasteiger partial charge in [0, 0.05) is 11.7 Å². The van der Waals surface area contributed by atoms with Crippen LogP contribution in [-0.2, 0) is 15.9 Å². The lowest BCUT2D eigenvalue weighted by atomic mass is 9.79. The molecule has 0 aromatic carbocycles. The van der Waals surface area contributed by atoms with Gasteiger partial charge in [0.2, 0.25) is 5.56 Å². The molecule has 1 aromatic rings. The van der Waals surface area contributed by atoms with Crippen molar-refractivity contribution in [2.45, 2.75) is 45.5 Å². The molecule has 1 aliphatic heterocycles. The van der Waals surface area contributed by atoms with Gasteiger partial charge in [-0.1, -0.05) is 0 Å². The third-order valence-corrected chi connectivity index (χ3v) is 3.68. The maximum absolute atomic E-state index is 11.8. The summed E-state index contributed by atoms with van der Waals surface area (Å²) in [4.78, 5) is 14.4. The van der Waals surface area contributed by atoms with Gasteiger partial charge in [-0.25, -0.2) is 0 Å². The SMILES string of the molecule is CC1(C)OB(c2cc(CO)c[nH]c2=O)OC1(C)C. The highest BCUT2D eigenvalue weighted by Crippen LogP contribution is 2.36. The van der Waals surface area contributed by atoms with Crippen LogP contribution in [0.2, 0.25) is 0 Å². The van der Waals surface area contributed by atoms with Gasteiger partial charge in [0.25, 0.3) is 0 Å². The highest BCUT2D eigenvalue weighted by molar-refractivity contribution is 6.61. The molecule has 0 atom stereocenters. The standard InChI is InChI=1S/C12H18BNO4/c1-11(2)12(3,4)18-13(17-11)9-5-8(7-15)6-14-10(9)16/h5-6,15H,7H2,1-4H3,(H,14,16). The van der Waals surface area contributed by atoms with E-state index in [4.69, 9.17) is 14.4 Å². The number of hydrogen-bond acceptors (Lipinski definition) is 4. The summed E-state index contributed by atoms with van der Waals surface area (Å²) < 4.78 is 11.6. The van der Waals surface area contributed by atoms with E-state index in [-0.39, 0.29) is 12.2 Å². The Morgan fingerprint density at radius 1 is 1.28 bits per heavy atom. The van der Waals surface area contributed by atoms with Crippen LogP contribution in [0.25, 0.3) is 0 Å². The number of rotatable bonds is 2. The van der Waals surface area contributed by atoms with Crippen molar-refractivity contribution < 1.29 is 14.4 Å². The van der Waals surface area contributed by atoms with Crippen molar-refractivity contribution >= 4 is 12.6 Å². The average molecular weight is 251 g/mol. The fourth-order valence-corrected chi connectivity index (χ4v) is 1.78. The van der Waals surface area contributed by atoms with Gasteiger partial charge in [-0.15, -0.1) is 0 Å². The van der Waals surface area contributed by atoms with Crippen molar-refractivity contribution in [3.8, 4) is 0 Å². The van der Waals surface area contributed by atoms with Crippen LogP contribution in [0.3, 0.4) is 0 Å². The first-order chi connectivity index (χ1) is 8.27. The minimum Gasteiger partial charge on any atom is -0.399 e. The summed E-state index contributed by atoms with van der Waals surface area (Å²) in [6.45, 7) is 7.58. The van der Waals surface area contributed by atoms with Gasteiger partial charge >= 0.3 is 7.12 Å². The minimum absolute atomic E-state index is 0.136. The van der Waals surface area contributed by atoms with E-state index in [0.717, 1.165) is 0 Å². The summed E-state index contributed by atoms with van der Waals surface area (Å²) in [5, 5.41) is 9.10. The molecule has 0 aliphatic carbocycles. The lowest BCUT2D eigenvalue weighted by Gasteiger charge is -2.32. The number of aliphatic hydroxyl groups is 1.